The van der Waals surface area contributed by atoms with Crippen LogP contribution in [0.3, 0.4) is 0 Å². The van der Waals surface area contributed by atoms with Gasteiger partial charge in [-0.15, -0.1) is 0 Å². The van der Waals surface area contributed by atoms with Gasteiger partial charge in [0.15, 0.2) is 0 Å². The summed E-state index contributed by atoms with van der Waals surface area (Å²) in [5.41, 5.74) is 0. The number of unbranched alkanes of at least 4 members (excludes halogenated alkanes) is 23. The summed E-state index contributed by atoms with van der Waals surface area (Å²) in [5, 5.41) is 10.8. The van der Waals surface area contributed by atoms with E-state index in [9.17, 15) is 14.4 Å². The fraction of sp³-hybridized carbons (Fsp3) is 0.923. The largest absolute Gasteiger partial charge is 0.466 e. The predicted molar refractivity (Wildman–Crippen MR) is 197 cm³/mol. The number of nitrogens with one attached hydrogen (secondary N) is 1. The second-order valence-electron chi connectivity index (χ2n) is 13.2. The number of amides is 2. The van der Waals surface area contributed by atoms with Gasteiger partial charge in [-0.3, -0.25) is 4.79 Å². The number of carbonyl (C=O) groups excluding carboxylic acids is 2. The van der Waals surface area contributed by atoms with Gasteiger partial charge in [0, 0.05) is 26.6 Å². The number of carbonyl (C=O) groups is 3. The Balaban J connectivity index is 0. The molecule has 2 amide bonds. The standard InChI is InChI=1S/C20H39NO4.C19H39NO2/c1-2-3-4-5-6-7-8-9-12-15-18-25-19(22)16-13-10-11-14-17-21-20(23)24;1-4-6-8-9-10-11-12-13-14-16-18-22-19(21)20(3)17-15-7-5-2/h21H,2-18H2,1H3,(H,23,24);4-18H2,1-3H3. The lowest BCUT2D eigenvalue weighted by Crippen LogP contribution is -2.28. The lowest BCUT2D eigenvalue weighted by Gasteiger charge is -2.16. The molecule has 0 aromatic carbocycles. The van der Waals surface area contributed by atoms with Crippen LogP contribution in [0.25, 0.3) is 0 Å². The maximum atomic E-state index is 11.7. The van der Waals surface area contributed by atoms with Crippen molar-refractivity contribution in [1.82, 2.24) is 10.2 Å². The molecule has 0 bridgehead atoms. The zero-order valence-corrected chi connectivity index (χ0v) is 31.6. The van der Waals surface area contributed by atoms with Crippen molar-refractivity contribution in [2.24, 2.45) is 0 Å². The Kier molecular flexibility index (Phi) is 40.3. The summed E-state index contributed by atoms with van der Waals surface area (Å²) in [6, 6.07) is 0. The monoisotopic (exact) mass is 671 g/mol. The Morgan fingerprint density at radius 1 is 0.511 bits per heavy atom. The molecular formula is C39H78N2O6. The molecule has 0 aliphatic rings. The second-order valence-corrected chi connectivity index (χ2v) is 13.2. The Morgan fingerprint density at radius 2 is 0.894 bits per heavy atom. The number of rotatable bonds is 33. The van der Waals surface area contributed by atoms with Crippen LogP contribution in [0.4, 0.5) is 9.59 Å². The van der Waals surface area contributed by atoms with E-state index < -0.39 is 6.09 Å². The summed E-state index contributed by atoms with van der Waals surface area (Å²) in [5.74, 6) is -0.0976. The predicted octanol–water partition coefficient (Wildman–Crippen LogP) is 11.8. The van der Waals surface area contributed by atoms with E-state index in [1.807, 2.05) is 7.05 Å². The minimum Gasteiger partial charge on any atom is -0.466 e. The number of ether oxygens (including phenoxy) is 2. The van der Waals surface area contributed by atoms with Crippen LogP contribution in [-0.2, 0) is 14.3 Å². The van der Waals surface area contributed by atoms with Crippen molar-refractivity contribution < 1.29 is 29.0 Å². The summed E-state index contributed by atoms with van der Waals surface area (Å²) in [4.78, 5) is 35.2. The minimum atomic E-state index is -0.976. The second kappa shape index (κ2) is 40.2. The van der Waals surface area contributed by atoms with E-state index in [1.54, 1.807) is 4.90 Å². The average molecular weight is 671 g/mol. The van der Waals surface area contributed by atoms with Crippen LogP contribution >= 0.6 is 0 Å². The van der Waals surface area contributed by atoms with E-state index in [1.165, 1.54) is 122 Å². The Bertz CT molecular complexity index is 676. The van der Waals surface area contributed by atoms with E-state index in [0.29, 0.717) is 26.2 Å². The first-order valence-electron chi connectivity index (χ1n) is 19.9. The van der Waals surface area contributed by atoms with Gasteiger partial charge in [0.05, 0.1) is 13.2 Å². The number of hydrogen-bond acceptors (Lipinski definition) is 5. The minimum absolute atomic E-state index is 0.0976. The van der Waals surface area contributed by atoms with Crippen LogP contribution in [0.5, 0.6) is 0 Å². The van der Waals surface area contributed by atoms with Gasteiger partial charge in [0.1, 0.15) is 0 Å². The zero-order chi connectivity index (χ0) is 35.1. The highest BCUT2D eigenvalue weighted by atomic mass is 16.6. The summed E-state index contributed by atoms with van der Waals surface area (Å²) in [6.45, 7) is 9.10. The fourth-order valence-corrected chi connectivity index (χ4v) is 5.34. The van der Waals surface area contributed by atoms with Crippen LogP contribution in [0.2, 0.25) is 0 Å². The van der Waals surface area contributed by atoms with Crippen molar-refractivity contribution in [3.8, 4) is 0 Å². The van der Waals surface area contributed by atoms with E-state index in [2.05, 4.69) is 26.1 Å². The van der Waals surface area contributed by atoms with Crippen LogP contribution in [0.15, 0.2) is 0 Å². The summed E-state index contributed by atoms with van der Waals surface area (Å²) < 4.78 is 10.5. The van der Waals surface area contributed by atoms with Crippen molar-refractivity contribution >= 4 is 18.2 Å². The third-order valence-corrected chi connectivity index (χ3v) is 8.48. The number of carboxylic acid groups (broad SMARTS) is 1. The van der Waals surface area contributed by atoms with Gasteiger partial charge < -0.3 is 24.8 Å². The van der Waals surface area contributed by atoms with Gasteiger partial charge in [0.2, 0.25) is 0 Å². The number of nitrogens with zero attached hydrogens (tertiary/aromatic N) is 1. The zero-order valence-electron chi connectivity index (χ0n) is 31.6. The van der Waals surface area contributed by atoms with E-state index >= 15 is 0 Å². The van der Waals surface area contributed by atoms with Crippen molar-refractivity contribution in [3.63, 3.8) is 0 Å². The fourth-order valence-electron chi connectivity index (χ4n) is 5.34. The Morgan fingerprint density at radius 3 is 1.36 bits per heavy atom. The summed E-state index contributed by atoms with van der Waals surface area (Å²) in [7, 11) is 1.83. The Labute approximate surface area is 290 Å². The normalized spacial score (nSPS) is 10.6. The molecule has 0 aliphatic carbocycles. The van der Waals surface area contributed by atoms with Crippen LogP contribution in [0.1, 0.15) is 201 Å². The molecule has 0 aromatic rings. The molecule has 8 nitrogen and oxygen atoms in total. The molecule has 0 atom stereocenters. The van der Waals surface area contributed by atoms with Gasteiger partial charge in [-0.25, -0.2) is 9.59 Å². The third-order valence-electron chi connectivity index (χ3n) is 8.48. The average Bonchev–Trinajstić information content (AvgIpc) is 3.05. The molecule has 0 aliphatic heterocycles. The first-order chi connectivity index (χ1) is 22.9. The molecule has 280 valence electrons. The molecular weight excluding hydrogens is 592 g/mol. The molecule has 0 radical (unpaired) electrons. The van der Waals surface area contributed by atoms with Gasteiger partial charge >= 0.3 is 18.2 Å². The molecule has 0 heterocycles. The van der Waals surface area contributed by atoms with E-state index in [-0.39, 0.29) is 12.1 Å². The molecule has 8 heteroatoms. The molecule has 0 unspecified atom stereocenters. The molecule has 0 saturated carbocycles. The SMILES string of the molecule is CCCCCCCCCCCCOC(=O)CCCCCCNC(=O)O.CCCCCCCCCCCCOC(=O)N(C)CCCCC. The highest BCUT2D eigenvalue weighted by molar-refractivity contribution is 5.69. The van der Waals surface area contributed by atoms with Gasteiger partial charge in [-0.2, -0.15) is 0 Å². The van der Waals surface area contributed by atoms with Crippen molar-refractivity contribution in [2.75, 3.05) is 33.4 Å². The van der Waals surface area contributed by atoms with Crippen LogP contribution < -0.4 is 5.32 Å². The van der Waals surface area contributed by atoms with Gasteiger partial charge in [0.25, 0.3) is 0 Å². The van der Waals surface area contributed by atoms with Crippen molar-refractivity contribution in [2.45, 2.75) is 201 Å². The first kappa shape index (κ1) is 47.1. The smallest absolute Gasteiger partial charge is 0.409 e. The quantitative estimate of drug-likeness (QED) is 0.0532. The molecule has 0 aromatic heterocycles. The molecule has 0 rings (SSSR count). The highest BCUT2D eigenvalue weighted by Crippen LogP contribution is 2.12. The summed E-state index contributed by atoms with van der Waals surface area (Å²) in [6.07, 6.45) is 32.2. The molecule has 0 saturated heterocycles. The van der Waals surface area contributed by atoms with Crippen molar-refractivity contribution in [3.05, 3.63) is 0 Å². The molecule has 47 heavy (non-hydrogen) atoms. The van der Waals surface area contributed by atoms with Crippen LogP contribution in [0, 0.1) is 0 Å². The Hall–Kier alpha value is -1.99. The third kappa shape index (κ3) is 42.0. The highest BCUT2D eigenvalue weighted by Gasteiger charge is 2.08. The number of esters is 1. The van der Waals surface area contributed by atoms with Gasteiger partial charge in [-0.05, 0) is 32.1 Å². The molecule has 2 N–H and O–H groups in total. The molecule has 0 spiro atoms. The van der Waals surface area contributed by atoms with Crippen molar-refractivity contribution in [1.29, 1.82) is 0 Å². The lowest BCUT2D eigenvalue weighted by molar-refractivity contribution is -0.143. The number of hydrogen-bond donors (Lipinski definition) is 2. The topological polar surface area (TPSA) is 105 Å². The van der Waals surface area contributed by atoms with Gasteiger partial charge in [-0.1, -0.05) is 162 Å². The molecule has 0 fully saturated rings. The maximum absolute atomic E-state index is 11.7. The maximum Gasteiger partial charge on any atom is 0.409 e. The van der Waals surface area contributed by atoms with E-state index in [0.717, 1.165) is 57.9 Å². The lowest BCUT2D eigenvalue weighted by atomic mass is 10.1. The van der Waals surface area contributed by atoms with E-state index in [4.69, 9.17) is 14.6 Å². The first-order valence-corrected chi connectivity index (χ1v) is 19.9. The summed E-state index contributed by atoms with van der Waals surface area (Å²) >= 11 is 0. The van der Waals surface area contributed by atoms with Crippen LogP contribution in [-0.4, -0.2) is 61.5 Å².